The second kappa shape index (κ2) is 5.23. The zero-order valence-electron chi connectivity index (χ0n) is 16.5. The van der Waals surface area contributed by atoms with Gasteiger partial charge in [0.15, 0.2) is 0 Å². The van der Waals surface area contributed by atoms with E-state index in [1.54, 1.807) is 47.9 Å². The fraction of sp³-hybridized carbons (Fsp3) is 0.273. The first-order valence-electron chi connectivity index (χ1n) is 9.54. The fourth-order valence-corrected chi connectivity index (χ4v) is 29.4. The number of thiophene rings is 3. The van der Waals surface area contributed by atoms with Crippen LogP contribution in [0.3, 0.4) is 0 Å². The molecule has 2 aliphatic heterocycles. The van der Waals surface area contributed by atoms with E-state index in [1.807, 2.05) is 22.7 Å². The number of fused-ring (bicyclic) bond motifs is 9. The van der Waals surface area contributed by atoms with E-state index in [0.717, 1.165) is 0 Å². The van der Waals surface area contributed by atoms with Gasteiger partial charge in [0, 0.05) is 0 Å². The van der Waals surface area contributed by atoms with Crippen LogP contribution in [0.5, 0.6) is 0 Å². The van der Waals surface area contributed by atoms with Gasteiger partial charge in [-0.2, -0.15) is 0 Å². The van der Waals surface area contributed by atoms with Gasteiger partial charge >= 0.3 is 179 Å². The molecule has 0 N–H and O–H groups in total. The standard InChI is InChI=1S/C22H22Ge2S3/c1-11-9-15-19(25-11)13-7-8-14-18-22(27-20(14)17(13)23(15,3)4)21-16(24(18,5)6)10-12(2)26-21/h7-10H,1-6H3. The minimum atomic E-state index is -2.21. The van der Waals surface area contributed by atoms with Crippen LogP contribution in [-0.4, -0.2) is 26.5 Å². The van der Waals surface area contributed by atoms with Crippen molar-refractivity contribution in [2.24, 2.45) is 0 Å². The second-order valence-corrected chi connectivity index (χ2v) is 30.6. The van der Waals surface area contributed by atoms with Gasteiger partial charge in [-0.3, -0.25) is 0 Å². The fourth-order valence-electron chi connectivity index (χ4n) is 5.35. The molecule has 0 aliphatic carbocycles. The molecular weight excluding hydrogens is 506 g/mol. The molecule has 136 valence electrons. The molecule has 0 spiro atoms. The first-order chi connectivity index (χ1) is 12.7. The molecule has 3 aromatic heterocycles. The van der Waals surface area contributed by atoms with Crippen molar-refractivity contribution in [3.05, 3.63) is 34.0 Å². The molecule has 0 unspecified atom stereocenters. The van der Waals surface area contributed by atoms with Gasteiger partial charge in [0.1, 0.15) is 0 Å². The molecule has 0 radical (unpaired) electrons. The molecule has 5 heteroatoms. The predicted molar refractivity (Wildman–Crippen MR) is 131 cm³/mol. The van der Waals surface area contributed by atoms with Gasteiger partial charge < -0.3 is 0 Å². The van der Waals surface area contributed by atoms with E-state index in [-0.39, 0.29) is 0 Å². The third kappa shape index (κ3) is 2.01. The molecule has 0 fully saturated rings. The summed E-state index contributed by atoms with van der Waals surface area (Å²) in [7, 11) is 0. The zero-order valence-corrected chi connectivity index (χ0v) is 23.2. The van der Waals surface area contributed by atoms with Crippen molar-refractivity contribution in [3.8, 4) is 20.2 Å². The maximum absolute atomic E-state index is 2.62. The average molecular weight is 528 g/mol. The molecule has 27 heavy (non-hydrogen) atoms. The van der Waals surface area contributed by atoms with Crippen molar-refractivity contribution in [1.29, 1.82) is 0 Å². The Morgan fingerprint density at radius 2 is 1.26 bits per heavy atom. The molecule has 0 amide bonds. The molecular formula is C22H22Ge2S3. The van der Waals surface area contributed by atoms with Gasteiger partial charge in [-0.1, -0.05) is 0 Å². The summed E-state index contributed by atoms with van der Waals surface area (Å²) < 4.78 is 8.67. The van der Waals surface area contributed by atoms with E-state index in [9.17, 15) is 0 Å². The van der Waals surface area contributed by atoms with Crippen LogP contribution < -0.4 is 17.6 Å². The summed E-state index contributed by atoms with van der Waals surface area (Å²) in [4.78, 5) is 7.82. The monoisotopic (exact) mass is 530 g/mol. The van der Waals surface area contributed by atoms with Gasteiger partial charge in [0.2, 0.25) is 0 Å². The average Bonchev–Trinajstić information content (AvgIpc) is 3.32. The number of hydrogen-bond donors (Lipinski definition) is 0. The van der Waals surface area contributed by atoms with Gasteiger partial charge in [0.25, 0.3) is 0 Å². The third-order valence-electron chi connectivity index (χ3n) is 6.62. The quantitative estimate of drug-likeness (QED) is 0.274. The number of aryl methyl sites for hydroxylation is 2. The Bertz CT molecular complexity index is 1300. The summed E-state index contributed by atoms with van der Waals surface area (Å²) in [6.07, 6.45) is 0. The van der Waals surface area contributed by atoms with Crippen LogP contribution in [0.2, 0.25) is 23.0 Å². The minimum absolute atomic E-state index is 1.48. The molecule has 0 saturated carbocycles. The topological polar surface area (TPSA) is 0 Å². The van der Waals surface area contributed by atoms with E-state index < -0.39 is 26.5 Å². The van der Waals surface area contributed by atoms with Crippen molar-refractivity contribution in [2.45, 2.75) is 36.9 Å². The van der Waals surface area contributed by atoms with Crippen LogP contribution in [0, 0.1) is 13.8 Å². The van der Waals surface area contributed by atoms with Crippen LogP contribution in [-0.2, 0) is 0 Å². The van der Waals surface area contributed by atoms with E-state index in [1.165, 1.54) is 9.75 Å². The van der Waals surface area contributed by atoms with Crippen molar-refractivity contribution >= 4 is 88.2 Å². The van der Waals surface area contributed by atoms with Crippen molar-refractivity contribution < 1.29 is 0 Å². The maximum atomic E-state index is 2.62. The third-order valence-corrected chi connectivity index (χ3v) is 26.4. The number of benzene rings is 1. The first-order valence-corrected chi connectivity index (χ1v) is 24.6. The van der Waals surface area contributed by atoms with E-state index in [4.69, 9.17) is 0 Å². The van der Waals surface area contributed by atoms with Crippen LogP contribution in [0.1, 0.15) is 9.75 Å². The normalized spacial score (nSPS) is 17.9. The van der Waals surface area contributed by atoms with Gasteiger partial charge in [-0.05, 0) is 0 Å². The number of rotatable bonds is 0. The van der Waals surface area contributed by atoms with Crippen molar-refractivity contribution in [3.63, 3.8) is 0 Å². The molecule has 0 nitrogen and oxygen atoms in total. The van der Waals surface area contributed by atoms with Crippen LogP contribution in [0.15, 0.2) is 24.3 Å². The summed E-state index contributed by atoms with van der Waals surface area (Å²) in [6.45, 7) is 4.56. The van der Waals surface area contributed by atoms with Crippen LogP contribution in [0.4, 0.5) is 0 Å². The first kappa shape index (κ1) is 17.5. The Labute approximate surface area is 178 Å². The van der Waals surface area contributed by atoms with E-state index in [2.05, 4.69) is 72.5 Å². The molecule has 4 aromatic rings. The summed E-state index contributed by atoms with van der Waals surface area (Å²) in [5.74, 6) is 10.5. The zero-order chi connectivity index (χ0) is 18.9. The number of hydrogen-bond acceptors (Lipinski definition) is 3. The van der Waals surface area contributed by atoms with Gasteiger partial charge in [-0.15, -0.1) is 0 Å². The Morgan fingerprint density at radius 1 is 0.667 bits per heavy atom. The Morgan fingerprint density at radius 3 is 1.96 bits per heavy atom. The Hall–Kier alpha value is -0.334. The van der Waals surface area contributed by atoms with E-state index in [0.29, 0.717) is 0 Å². The SMILES string of the molecule is Cc1c[c]2c(s1)-c1ccc3[c]4c(sc3[c]1[Ge]2([CH3])[CH3])-c1sc(C)c[c]1[Ge]4([CH3])[CH3]. The van der Waals surface area contributed by atoms with Crippen molar-refractivity contribution in [1.82, 2.24) is 0 Å². The Kier molecular flexibility index (Phi) is 3.39. The summed E-state index contributed by atoms with van der Waals surface area (Å²) in [5.41, 5.74) is 1.58. The second-order valence-electron chi connectivity index (χ2n) is 9.12. The predicted octanol–water partition coefficient (Wildman–Crippen LogP) is 5.25. The molecule has 0 saturated heterocycles. The summed E-state index contributed by atoms with van der Waals surface area (Å²) >= 11 is 1.80. The van der Waals surface area contributed by atoms with Gasteiger partial charge in [-0.25, -0.2) is 0 Å². The van der Waals surface area contributed by atoms with E-state index >= 15 is 0 Å². The van der Waals surface area contributed by atoms with Crippen molar-refractivity contribution in [2.75, 3.05) is 0 Å². The molecule has 0 atom stereocenters. The van der Waals surface area contributed by atoms with Gasteiger partial charge in [0.05, 0.1) is 0 Å². The summed E-state index contributed by atoms with van der Waals surface area (Å²) in [6, 6.07) is 9.99. The molecule has 5 heterocycles. The molecule has 0 bridgehead atoms. The Balaban J connectivity index is 1.74. The van der Waals surface area contributed by atoms with Crippen LogP contribution in [0.25, 0.3) is 30.3 Å². The molecule has 1 aromatic carbocycles. The molecule has 2 aliphatic rings. The van der Waals surface area contributed by atoms with Crippen LogP contribution >= 0.6 is 34.0 Å². The summed E-state index contributed by atoms with van der Waals surface area (Å²) in [5, 5.41) is 1.62. The molecule has 6 rings (SSSR count).